The minimum absolute atomic E-state index is 0.00315. The van der Waals surface area contributed by atoms with E-state index in [0.717, 1.165) is 44.4 Å². The van der Waals surface area contributed by atoms with Gasteiger partial charge in [0.2, 0.25) is 6.35 Å². The molecule has 0 radical (unpaired) electrons. The Bertz CT molecular complexity index is 1710. The maximum absolute atomic E-state index is 16.6. The SMILES string of the molecule is NS(=O)CC1CCCN(C2=NC(OC[C@@]34CCCN3CC(F)C4)Nc3c2cnc(-c2cc(O)cc4ccc(F)c(F)c24)c3F)C1. The number of likely N-dealkylation sites (tertiary alicyclic amines) is 1. The van der Waals surface area contributed by atoms with Crippen molar-refractivity contribution in [1.82, 2.24) is 14.8 Å². The average molecular weight is 647 g/mol. The summed E-state index contributed by atoms with van der Waals surface area (Å²) in [6, 6.07) is 4.66. The summed E-state index contributed by atoms with van der Waals surface area (Å²) in [6.45, 7) is 2.42. The molecule has 7 rings (SSSR count). The Balaban J connectivity index is 1.29. The number of nitrogens with one attached hydrogen (secondary N) is 1. The third-order valence-electron chi connectivity index (χ3n) is 9.50. The van der Waals surface area contributed by atoms with Crippen LogP contribution in [0.5, 0.6) is 5.75 Å². The van der Waals surface area contributed by atoms with Gasteiger partial charge in [-0.3, -0.25) is 15.0 Å². The number of rotatable bonds is 6. The Labute approximate surface area is 260 Å². The molecule has 240 valence electrons. The number of phenols is 1. The van der Waals surface area contributed by atoms with Gasteiger partial charge < -0.3 is 20.1 Å². The number of ether oxygens (including phenoxy) is 1. The predicted molar refractivity (Wildman–Crippen MR) is 163 cm³/mol. The number of aromatic hydroxyl groups is 1. The molecule has 4 N–H and O–H groups in total. The van der Waals surface area contributed by atoms with Crippen LogP contribution in [-0.2, 0) is 15.7 Å². The van der Waals surface area contributed by atoms with Gasteiger partial charge in [0.1, 0.15) is 23.5 Å². The van der Waals surface area contributed by atoms with Gasteiger partial charge in [0.05, 0.1) is 28.8 Å². The Morgan fingerprint density at radius 1 is 1.13 bits per heavy atom. The number of piperidine rings is 1. The van der Waals surface area contributed by atoms with Crippen molar-refractivity contribution in [3.63, 3.8) is 0 Å². The standard InChI is InChI=1S/C31H34F4N6O3S/c32-19-11-31(6-2-8-41(31)14-19)16-44-30-38-28-22(29(39-30)40-7-1-3-17(13-40)15-45(36)43)12-37-27(26(28)35)21-10-20(42)9-18-4-5-23(33)25(34)24(18)21/h4-5,9-10,12,17,19,30,38,42H,1-3,6-8,11,13-16,36H2/t17?,19?,30?,31-,45?/m0/s1. The van der Waals surface area contributed by atoms with Crippen molar-refractivity contribution < 1.29 is 31.6 Å². The quantitative estimate of drug-likeness (QED) is 0.340. The van der Waals surface area contributed by atoms with E-state index in [-0.39, 0.29) is 46.0 Å². The van der Waals surface area contributed by atoms with Crippen LogP contribution < -0.4 is 10.5 Å². The molecule has 9 nitrogen and oxygen atoms in total. The fourth-order valence-electron chi connectivity index (χ4n) is 7.53. The van der Waals surface area contributed by atoms with Crippen LogP contribution in [0, 0.1) is 23.4 Å². The van der Waals surface area contributed by atoms with Gasteiger partial charge in [-0.05, 0) is 61.7 Å². The number of halogens is 4. The number of phenolic OH excluding ortho intramolecular Hbond substituents is 1. The lowest BCUT2D eigenvalue weighted by Crippen LogP contribution is -2.47. The second-order valence-corrected chi connectivity index (χ2v) is 13.6. The Morgan fingerprint density at radius 2 is 1.98 bits per heavy atom. The molecule has 0 amide bonds. The van der Waals surface area contributed by atoms with Crippen molar-refractivity contribution in [1.29, 1.82) is 0 Å². The van der Waals surface area contributed by atoms with Crippen LogP contribution in [0.1, 0.15) is 37.7 Å². The van der Waals surface area contributed by atoms with Gasteiger partial charge >= 0.3 is 0 Å². The fourth-order valence-corrected chi connectivity index (χ4v) is 8.27. The van der Waals surface area contributed by atoms with E-state index in [1.807, 2.05) is 4.90 Å². The minimum Gasteiger partial charge on any atom is -0.508 e. The van der Waals surface area contributed by atoms with Crippen molar-refractivity contribution in [2.24, 2.45) is 16.0 Å². The number of nitrogens with zero attached hydrogens (tertiary/aromatic N) is 4. The maximum Gasteiger partial charge on any atom is 0.227 e. The zero-order chi connectivity index (χ0) is 31.5. The number of aromatic nitrogens is 1. The molecule has 5 heterocycles. The van der Waals surface area contributed by atoms with E-state index in [9.17, 15) is 18.1 Å². The number of nitrogens with two attached hydrogens (primary N) is 1. The first-order chi connectivity index (χ1) is 21.6. The second kappa shape index (κ2) is 11.8. The summed E-state index contributed by atoms with van der Waals surface area (Å²) in [7, 11) is -1.48. The molecule has 0 bridgehead atoms. The molecular formula is C31H34F4N6O3S. The van der Waals surface area contributed by atoms with E-state index in [4.69, 9.17) is 14.9 Å². The van der Waals surface area contributed by atoms with E-state index < -0.39 is 46.5 Å². The highest BCUT2D eigenvalue weighted by molar-refractivity contribution is 7.82. The molecule has 0 spiro atoms. The Hall–Kier alpha value is -3.33. The highest BCUT2D eigenvalue weighted by atomic mass is 32.2. The first kappa shape index (κ1) is 30.3. The Morgan fingerprint density at radius 3 is 2.80 bits per heavy atom. The van der Waals surface area contributed by atoms with Crippen LogP contribution in [0.15, 0.2) is 35.5 Å². The van der Waals surface area contributed by atoms with Gasteiger partial charge in [-0.25, -0.2) is 26.8 Å². The molecule has 2 aromatic carbocycles. The van der Waals surface area contributed by atoms with E-state index in [2.05, 4.69) is 15.2 Å². The number of anilines is 1. The van der Waals surface area contributed by atoms with Crippen molar-refractivity contribution in [3.8, 4) is 17.0 Å². The molecule has 3 saturated heterocycles. The molecule has 3 fully saturated rings. The number of benzene rings is 2. The molecule has 3 aromatic rings. The van der Waals surface area contributed by atoms with Crippen LogP contribution in [0.25, 0.3) is 22.0 Å². The molecule has 5 atom stereocenters. The van der Waals surface area contributed by atoms with E-state index in [1.54, 1.807) is 0 Å². The summed E-state index contributed by atoms with van der Waals surface area (Å²) in [5, 5.41) is 19.0. The van der Waals surface area contributed by atoms with Gasteiger partial charge in [-0.1, -0.05) is 6.07 Å². The molecule has 4 aliphatic rings. The maximum atomic E-state index is 16.6. The van der Waals surface area contributed by atoms with Crippen LogP contribution in [0.2, 0.25) is 0 Å². The predicted octanol–water partition coefficient (Wildman–Crippen LogP) is 4.41. The zero-order valence-electron chi connectivity index (χ0n) is 24.4. The first-order valence-electron chi connectivity index (χ1n) is 15.1. The van der Waals surface area contributed by atoms with Crippen molar-refractivity contribution in [3.05, 3.63) is 53.5 Å². The summed E-state index contributed by atoms with van der Waals surface area (Å²) >= 11 is 0. The van der Waals surface area contributed by atoms with Crippen molar-refractivity contribution >= 4 is 33.3 Å². The van der Waals surface area contributed by atoms with Crippen molar-refractivity contribution in [2.45, 2.75) is 50.2 Å². The average Bonchev–Trinajstić information content (AvgIpc) is 3.53. The van der Waals surface area contributed by atoms with Crippen LogP contribution in [0.3, 0.4) is 0 Å². The molecule has 1 aromatic heterocycles. The number of pyridine rings is 1. The molecular weight excluding hydrogens is 612 g/mol. The van der Waals surface area contributed by atoms with E-state index >= 15 is 8.78 Å². The summed E-state index contributed by atoms with van der Waals surface area (Å²) in [6.07, 6.45) is 3.11. The second-order valence-electron chi connectivity index (χ2n) is 12.5. The molecule has 4 aliphatic heterocycles. The summed E-state index contributed by atoms with van der Waals surface area (Å²) < 4.78 is 78.5. The minimum atomic E-state index is -1.48. The first-order valence-corrected chi connectivity index (χ1v) is 16.5. The molecule has 4 unspecified atom stereocenters. The number of hydrogen-bond acceptors (Lipinski definition) is 8. The molecule has 45 heavy (non-hydrogen) atoms. The van der Waals surface area contributed by atoms with Gasteiger partial charge in [-0.15, -0.1) is 0 Å². The van der Waals surface area contributed by atoms with Crippen molar-refractivity contribution in [2.75, 3.05) is 43.9 Å². The number of aliphatic imine (C=N–C) groups is 1. The molecule has 14 heteroatoms. The number of amidine groups is 1. The number of hydrogen-bond donors (Lipinski definition) is 3. The van der Waals surface area contributed by atoms with E-state index in [1.165, 1.54) is 18.3 Å². The van der Waals surface area contributed by atoms with E-state index in [0.29, 0.717) is 43.2 Å². The molecule has 0 aliphatic carbocycles. The lowest BCUT2D eigenvalue weighted by molar-refractivity contribution is 0.00152. The highest BCUT2D eigenvalue weighted by Crippen LogP contribution is 2.42. The topological polar surface area (TPSA) is 116 Å². The largest absolute Gasteiger partial charge is 0.508 e. The molecule has 0 saturated carbocycles. The van der Waals surface area contributed by atoms with Gasteiger partial charge in [-0.2, -0.15) is 0 Å². The summed E-state index contributed by atoms with van der Waals surface area (Å²) in [5.41, 5.74) is -0.522. The third-order valence-corrected chi connectivity index (χ3v) is 10.3. The zero-order valence-corrected chi connectivity index (χ0v) is 25.3. The fraction of sp³-hybridized carbons (Fsp3) is 0.484. The normalized spacial score (nSPS) is 27.3. The summed E-state index contributed by atoms with van der Waals surface area (Å²) in [4.78, 5) is 13.3. The monoisotopic (exact) mass is 646 g/mol. The van der Waals surface area contributed by atoms with Gasteiger partial charge in [0.25, 0.3) is 0 Å². The van der Waals surface area contributed by atoms with Gasteiger partial charge in [0.15, 0.2) is 17.5 Å². The number of alkyl halides is 1. The highest BCUT2D eigenvalue weighted by Gasteiger charge is 2.49. The lowest BCUT2D eigenvalue weighted by atomic mass is 9.95. The van der Waals surface area contributed by atoms with Crippen LogP contribution in [-0.4, -0.2) is 86.5 Å². The summed E-state index contributed by atoms with van der Waals surface area (Å²) in [5.74, 6) is -2.65. The Kier molecular flexibility index (Phi) is 7.95. The lowest BCUT2D eigenvalue weighted by Gasteiger charge is -2.38. The van der Waals surface area contributed by atoms with Crippen LogP contribution >= 0.6 is 0 Å². The third kappa shape index (κ3) is 5.55. The number of fused-ring (bicyclic) bond motifs is 3. The smallest absolute Gasteiger partial charge is 0.227 e. The van der Waals surface area contributed by atoms with Gasteiger partial charge in [0, 0.05) is 54.5 Å². The van der Waals surface area contributed by atoms with Crippen LogP contribution in [0.4, 0.5) is 23.2 Å².